The Labute approximate surface area is 103 Å². The molecule has 0 saturated carbocycles. The molecule has 0 saturated heterocycles. The first kappa shape index (κ1) is 14.3. The Morgan fingerprint density at radius 2 is 1.83 bits per heavy atom. The fraction of sp³-hybridized carbons (Fsp3) is 0.417. The van der Waals surface area contributed by atoms with Crippen LogP contribution in [0.3, 0.4) is 0 Å². The maximum atomic E-state index is 12.1. The molecule has 0 bridgehead atoms. The molecule has 100 valence electrons. The van der Waals surface area contributed by atoms with Crippen LogP contribution in [-0.4, -0.2) is 12.3 Å². The third-order valence-corrected chi connectivity index (χ3v) is 2.30. The summed E-state index contributed by atoms with van der Waals surface area (Å²) >= 11 is 0. The summed E-state index contributed by atoms with van der Waals surface area (Å²) < 4.78 is 45.0. The molecule has 0 aliphatic heterocycles. The first-order valence-electron chi connectivity index (χ1n) is 5.40. The second kappa shape index (κ2) is 5.75. The van der Waals surface area contributed by atoms with Crippen LogP contribution in [0.4, 0.5) is 13.2 Å². The monoisotopic (exact) mass is 262 g/mol. The van der Waals surface area contributed by atoms with Crippen molar-refractivity contribution >= 4 is 5.97 Å². The SMILES string of the molecule is CCC(C)C(=O)Oc1ccccc1OC(F)(F)F. The van der Waals surface area contributed by atoms with Crippen LogP contribution in [0.1, 0.15) is 20.3 Å². The van der Waals surface area contributed by atoms with Crippen molar-refractivity contribution in [2.45, 2.75) is 26.6 Å². The van der Waals surface area contributed by atoms with Gasteiger partial charge in [-0.1, -0.05) is 26.0 Å². The summed E-state index contributed by atoms with van der Waals surface area (Å²) in [5, 5.41) is 0. The Kier molecular flexibility index (Phi) is 4.58. The van der Waals surface area contributed by atoms with Crippen LogP contribution in [0.15, 0.2) is 24.3 Å². The lowest BCUT2D eigenvalue weighted by molar-refractivity contribution is -0.275. The first-order valence-corrected chi connectivity index (χ1v) is 5.40. The third-order valence-electron chi connectivity index (χ3n) is 2.30. The van der Waals surface area contributed by atoms with Crippen LogP contribution in [0, 0.1) is 5.92 Å². The number of para-hydroxylation sites is 2. The van der Waals surface area contributed by atoms with Crippen molar-refractivity contribution in [1.82, 2.24) is 0 Å². The van der Waals surface area contributed by atoms with Gasteiger partial charge in [0.15, 0.2) is 11.5 Å². The van der Waals surface area contributed by atoms with E-state index in [9.17, 15) is 18.0 Å². The summed E-state index contributed by atoms with van der Waals surface area (Å²) in [6, 6.07) is 5.16. The molecule has 0 aliphatic rings. The van der Waals surface area contributed by atoms with Crippen molar-refractivity contribution in [3.8, 4) is 11.5 Å². The van der Waals surface area contributed by atoms with E-state index in [1.807, 2.05) is 0 Å². The Hall–Kier alpha value is -1.72. The molecule has 6 heteroatoms. The van der Waals surface area contributed by atoms with Gasteiger partial charge in [-0.25, -0.2) is 0 Å². The van der Waals surface area contributed by atoms with Gasteiger partial charge in [0.25, 0.3) is 0 Å². The van der Waals surface area contributed by atoms with Crippen LogP contribution >= 0.6 is 0 Å². The largest absolute Gasteiger partial charge is 0.573 e. The smallest absolute Gasteiger partial charge is 0.422 e. The molecule has 1 rings (SSSR count). The first-order chi connectivity index (χ1) is 8.33. The normalized spacial score (nSPS) is 12.9. The Bertz CT molecular complexity index is 415. The highest BCUT2D eigenvalue weighted by Crippen LogP contribution is 2.32. The zero-order valence-electron chi connectivity index (χ0n) is 9.95. The summed E-state index contributed by atoms with van der Waals surface area (Å²) in [6.45, 7) is 3.42. The molecule has 1 atom stereocenters. The van der Waals surface area contributed by atoms with Gasteiger partial charge >= 0.3 is 12.3 Å². The lowest BCUT2D eigenvalue weighted by Gasteiger charge is -2.14. The predicted molar refractivity (Wildman–Crippen MR) is 58.2 cm³/mol. The summed E-state index contributed by atoms with van der Waals surface area (Å²) in [5.74, 6) is -1.73. The van der Waals surface area contributed by atoms with Crippen LogP contribution in [0.2, 0.25) is 0 Å². The number of halogens is 3. The van der Waals surface area contributed by atoms with Crippen molar-refractivity contribution in [2.24, 2.45) is 5.92 Å². The van der Waals surface area contributed by atoms with Crippen molar-refractivity contribution < 1.29 is 27.4 Å². The molecule has 1 aromatic rings. The molecule has 0 heterocycles. The highest BCUT2D eigenvalue weighted by molar-refractivity contribution is 5.75. The summed E-state index contributed by atoms with van der Waals surface area (Å²) in [6.07, 6.45) is -4.28. The molecule has 3 nitrogen and oxygen atoms in total. The van der Waals surface area contributed by atoms with Crippen molar-refractivity contribution in [3.05, 3.63) is 24.3 Å². The Balaban J connectivity index is 2.86. The highest BCUT2D eigenvalue weighted by Gasteiger charge is 2.32. The van der Waals surface area contributed by atoms with Gasteiger partial charge in [0, 0.05) is 0 Å². The summed E-state index contributed by atoms with van der Waals surface area (Å²) in [4.78, 5) is 11.5. The third kappa shape index (κ3) is 4.27. The van der Waals surface area contributed by atoms with E-state index >= 15 is 0 Å². The van der Waals surface area contributed by atoms with Crippen molar-refractivity contribution in [2.75, 3.05) is 0 Å². The average molecular weight is 262 g/mol. The topological polar surface area (TPSA) is 35.5 Å². The van der Waals surface area contributed by atoms with E-state index < -0.39 is 18.1 Å². The fourth-order valence-electron chi connectivity index (χ4n) is 1.12. The molecule has 0 radical (unpaired) electrons. The van der Waals surface area contributed by atoms with E-state index in [4.69, 9.17) is 4.74 Å². The molecule has 0 aliphatic carbocycles. The molecular weight excluding hydrogens is 249 g/mol. The van der Waals surface area contributed by atoms with Crippen molar-refractivity contribution in [3.63, 3.8) is 0 Å². The van der Waals surface area contributed by atoms with Crippen LogP contribution in [0.25, 0.3) is 0 Å². The van der Waals surface area contributed by atoms with E-state index in [-0.39, 0.29) is 11.7 Å². The molecule has 0 amide bonds. The van der Waals surface area contributed by atoms with Gasteiger partial charge in [-0.2, -0.15) is 0 Å². The van der Waals surface area contributed by atoms with Crippen LogP contribution < -0.4 is 9.47 Å². The molecule has 0 N–H and O–H groups in total. The molecule has 18 heavy (non-hydrogen) atoms. The lowest BCUT2D eigenvalue weighted by Crippen LogP contribution is -2.20. The second-order valence-electron chi connectivity index (χ2n) is 3.72. The quantitative estimate of drug-likeness (QED) is 0.615. The molecule has 0 fully saturated rings. The van der Waals surface area contributed by atoms with Gasteiger partial charge in [0.05, 0.1) is 5.92 Å². The minimum absolute atomic E-state index is 0.236. The average Bonchev–Trinajstić information content (AvgIpc) is 2.28. The summed E-state index contributed by atoms with van der Waals surface area (Å²) in [5.41, 5.74) is 0. The molecule has 0 aromatic heterocycles. The number of ether oxygens (including phenoxy) is 2. The molecule has 0 spiro atoms. The van der Waals surface area contributed by atoms with E-state index in [0.717, 1.165) is 6.07 Å². The van der Waals surface area contributed by atoms with Crippen molar-refractivity contribution in [1.29, 1.82) is 0 Å². The van der Waals surface area contributed by atoms with E-state index in [1.165, 1.54) is 18.2 Å². The Morgan fingerprint density at radius 3 is 2.33 bits per heavy atom. The minimum atomic E-state index is -4.82. The zero-order chi connectivity index (χ0) is 13.8. The predicted octanol–water partition coefficient (Wildman–Crippen LogP) is 3.54. The number of benzene rings is 1. The number of hydrogen-bond acceptors (Lipinski definition) is 3. The van der Waals surface area contributed by atoms with Gasteiger partial charge in [0.1, 0.15) is 0 Å². The zero-order valence-corrected chi connectivity index (χ0v) is 9.95. The number of alkyl halides is 3. The van der Waals surface area contributed by atoms with E-state index in [2.05, 4.69) is 4.74 Å². The van der Waals surface area contributed by atoms with Gasteiger partial charge < -0.3 is 9.47 Å². The van der Waals surface area contributed by atoms with Gasteiger partial charge in [-0.15, -0.1) is 13.2 Å². The number of rotatable bonds is 4. The van der Waals surface area contributed by atoms with Gasteiger partial charge in [-0.3, -0.25) is 4.79 Å². The molecule has 1 unspecified atom stereocenters. The number of hydrogen-bond donors (Lipinski definition) is 0. The second-order valence-corrected chi connectivity index (χ2v) is 3.72. The fourth-order valence-corrected chi connectivity index (χ4v) is 1.12. The highest BCUT2D eigenvalue weighted by atomic mass is 19.4. The number of carbonyl (C=O) groups is 1. The number of carbonyl (C=O) groups excluding carboxylic acids is 1. The molecular formula is C12H13F3O3. The molecule has 1 aromatic carbocycles. The minimum Gasteiger partial charge on any atom is -0.422 e. The summed E-state index contributed by atoms with van der Waals surface area (Å²) in [7, 11) is 0. The standard InChI is InChI=1S/C12H13F3O3/c1-3-8(2)11(16)17-9-6-4-5-7-10(9)18-12(13,14)15/h4-8H,3H2,1-2H3. The maximum Gasteiger partial charge on any atom is 0.573 e. The number of esters is 1. The van der Waals surface area contributed by atoms with Crippen LogP contribution in [0.5, 0.6) is 11.5 Å². The van der Waals surface area contributed by atoms with E-state index in [0.29, 0.717) is 6.42 Å². The van der Waals surface area contributed by atoms with Gasteiger partial charge in [0.2, 0.25) is 0 Å². The Morgan fingerprint density at radius 1 is 1.28 bits per heavy atom. The maximum absolute atomic E-state index is 12.1. The van der Waals surface area contributed by atoms with Gasteiger partial charge in [-0.05, 0) is 18.6 Å². The lowest BCUT2D eigenvalue weighted by atomic mass is 10.1. The van der Waals surface area contributed by atoms with E-state index in [1.54, 1.807) is 13.8 Å². The van der Waals surface area contributed by atoms with Crippen LogP contribution in [-0.2, 0) is 4.79 Å².